The Balaban J connectivity index is 2.08. The molecule has 1 unspecified atom stereocenters. The van der Waals surface area contributed by atoms with Crippen LogP contribution in [0.3, 0.4) is 0 Å². The number of hydrogen-bond acceptors (Lipinski definition) is 4. The van der Waals surface area contributed by atoms with Gasteiger partial charge in [0.2, 0.25) is 0 Å². The standard InChI is InChI=1S/C13H18N2O3S/c14-7-5-10-3-1-2-4-12(10)13(16)15-11-6-8-19(17,18)9-11/h1-4,11H,5-9,14H2,(H,15,16). The van der Waals surface area contributed by atoms with Gasteiger partial charge in [0.25, 0.3) is 5.91 Å². The fraction of sp³-hybridized carbons (Fsp3) is 0.462. The molecule has 1 aliphatic heterocycles. The van der Waals surface area contributed by atoms with Crippen LogP contribution in [-0.4, -0.2) is 38.4 Å². The van der Waals surface area contributed by atoms with Crippen molar-refractivity contribution in [2.75, 3.05) is 18.1 Å². The van der Waals surface area contributed by atoms with Crippen molar-refractivity contribution in [1.82, 2.24) is 5.32 Å². The molecule has 1 amide bonds. The predicted molar refractivity (Wildman–Crippen MR) is 73.7 cm³/mol. The van der Waals surface area contributed by atoms with E-state index in [9.17, 15) is 13.2 Å². The number of benzene rings is 1. The molecule has 1 aromatic carbocycles. The number of rotatable bonds is 4. The Bertz CT molecular complexity index is 569. The van der Waals surface area contributed by atoms with E-state index in [0.29, 0.717) is 24.9 Å². The number of amides is 1. The normalized spacial score (nSPS) is 21.2. The summed E-state index contributed by atoms with van der Waals surface area (Å²) in [7, 11) is -2.98. The van der Waals surface area contributed by atoms with Gasteiger partial charge in [0.1, 0.15) is 0 Å². The van der Waals surface area contributed by atoms with E-state index in [1.54, 1.807) is 12.1 Å². The zero-order chi connectivity index (χ0) is 13.9. The van der Waals surface area contributed by atoms with Crippen LogP contribution < -0.4 is 11.1 Å². The lowest BCUT2D eigenvalue weighted by Crippen LogP contribution is -2.36. The molecule has 0 aromatic heterocycles. The van der Waals surface area contributed by atoms with Crippen molar-refractivity contribution in [3.63, 3.8) is 0 Å². The molecule has 0 radical (unpaired) electrons. The Morgan fingerprint density at radius 2 is 2.11 bits per heavy atom. The lowest BCUT2D eigenvalue weighted by molar-refractivity contribution is 0.0940. The van der Waals surface area contributed by atoms with Crippen LogP contribution in [0.25, 0.3) is 0 Å². The first-order chi connectivity index (χ1) is 9.02. The van der Waals surface area contributed by atoms with E-state index in [2.05, 4.69) is 5.32 Å². The molecule has 0 saturated carbocycles. The summed E-state index contributed by atoms with van der Waals surface area (Å²) in [4.78, 5) is 12.2. The summed E-state index contributed by atoms with van der Waals surface area (Å²) in [5, 5.41) is 2.79. The summed E-state index contributed by atoms with van der Waals surface area (Å²) in [6, 6.07) is 6.99. The summed E-state index contributed by atoms with van der Waals surface area (Å²) >= 11 is 0. The molecule has 19 heavy (non-hydrogen) atoms. The van der Waals surface area contributed by atoms with Crippen molar-refractivity contribution < 1.29 is 13.2 Å². The zero-order valence-electron chi connectivity index (χ0n) is 10.6. The average Bonchev–Trinajstić information content (AvgIpc) is 2.69. The van der Waals surface area contributed by atoms with Gasteiger partial charge in [-0.3, -0.25) is 4.79 Å². The van der Waals surface area contributed by atoms with Crippen molar-refractivity contribution in [1.29, 1.82) is 0 Å². The molecular formula is C13H18N2O3S. The summed E-state index contributed by atoms with van der Waals surface area (Å²) in [5.74, 6) is -0.0219. The maximum absolute atomic E-state index is 12.2. The third kappa shape index (κ3) is 3.54. The number of carbonyl (C=O) groups excluding carboxylic acids is 1. The summed E-state index contributed by atoms with van der Waals surface area (Å²) in [6.07, 6.45) is 1.12. The van der Waals surface area contributed by atoms with Crippen LogP contribution >= 0.6 is 0 Å². The first-order valence-electron chi connectivity index (χ1n) is 6.31. The second-order valence-electron chi connectivity index (χ2n) is 4.77. The van der Waals surface area contributed by atoms with Crippen LogP contribution in [-0.2, 0) is 16.3 Å². The highest BCUT2D eigenvalue weighted by Gasteiger charge is 2.29. The monoisotopic (exact) mass is 282 g/mol. The molecule has 6 heteroatoms. The van der Waals surface area contributed by atoms with E-state index in [1.165, 1.54) is 0 Å². The van der Waals surface area contributed by atoms with Crippen molar-refractivity contribution in [3.8, 4) is 0 Å². The highest BCUT2D eigenvalue weighted by atomic mass is 32.2. The third-order valence-corrected chi connectivity index (χ3v) is 5.01. The molecule has 1 fully saturated rings. The average molecular weight is 282 g/mol. The molecule has 0 bridgehead atoms. The van der Waals surface area contributed by atoms with Gasteiger partial charge in [-0.1, -0.05) is 18.2 Å². The van der Waals surface area contributed by atoms with E-state index < -0.39 is 9.84 Å². The van der Waals surface area contributed by atoms with E-state index in [1.807, 2.05) is 12.1 Å². The fourth-order valence-electron chi connectivity index (χ4n) is 2.29. The molecular weight excluding hydrogens is 264 g/mol. The number of nitrogens with two attached hydrogens (primary N) is 1. The van der Waals surface area contributed by atoms with Crippen LogP contribution in [0.2, 0.25) is 0 Å². The zero-order valence-corrected chi connectivity index (χ0v) is 11.4. The van der Waals surface area contributed by atoms with Crippen molar-refractivity contribution in [2.45, 2.75) is 18.9 Å². The van der Waals surface area contributed by atoms with Gasteiger partial charge in [0, 0.05) is 11.6 Å². The highest BCUT2D eigenvalue weighted by molar-refractivity contribution is 7.91. The number of sulfone groups is 1. The minimum Gasteiger partial charge on any atom is -0.348 e. The minimum atomic E-state index is -2.98. The van der Waals surface area contributed by atoms with Crippen molar-refractivity contribution >= 4 is 15.7 Å². The van der Waals surface area contributed by atoms with E-state index >= 15 is 0 Å². The second-order valence-corrected chi connectivity index (χ2v) is 7.00. The minimum absolute atomic E-state index is 0.0395. The number of hydrogen-bond donors (Lipinski definition) is 2. The molecule has 1 aromatic rings. The molecule has 1 heterocycles. The Morgan fingerprint density at radius 3 is 2.74 bits per heavy atom. The lowest BCUT2D eigenvalue weighted by atomic mass is 10.0. The first kappa shape index (κ1) is 14.0. The van der Waals surface area contributed by atoms with E-state index in [0.717, 1.165) is 5.56 Å². The van der Waals surface area contributed by atoms with Gasteiger partial charge in [0.15, 0.2) is 9.84 Å². The second kappa shape index (κ2) is 5.71. The summed E-state index contributed by atoms with van der Waals surface area (Å²) in [6.45, 7) is 0.474. The van der Waals surface area contributed by atoms with Gasteiger partial charge in [0.05, 0.1) is 11.5 Å². The van der Waals surface area contributed by atoms with Crippen LogP contribution in [0, 0.1) is 0 Å². The van der Waals surface area contributed by atoms with Crippen molar-refractivity contribution in [3.05, 3.63) is 35.4 Å². The topological polar surface area (TPSA) is 89.3 Å². The number of nitrogens with one attached hydrogen (secondary N) is 1. The Kier molecular flexibility index (Phi) is 4.21. The van der Waals surface area contributed by atoms with E-state index in [4.69, 9.17) is 5.73 Å². The largest absolute Gasteiger partial charge is 0.348 e. The summed E-state index contributed by atoms with van der Waals surface area (Å²) < 4.78 is 22.7. The highest BCUT2D eigenvalue weighted by Crippen LogP contribution is 2.14. The molecule has 5 nitrogen and oxygen atoms in total. The van der Waals surface area contributed by atoms with Gasteiger partial charge in [-0.05, 0) is 31.0 Å². The summed E-state index contributed by atoms with van der Waals surface area (Å²) in [5.41, 5.74) is 6.99. The molecule has 3 N–H and O–H groups in total. The first-order valence-corrected chi connectivity index (χ1v) is 8.13. The van der Waals surface area contributed by atoms with Gasteiger partial charge in [-0.15, -0.1) is 0 Å². The molecule has 2 rings (SSSR count). The SMILES string of the molecule is NCCc1ccccc1C(=O)NC1CCS(=O)(=O)C1. The van der Waals surface area contributed by atoms with Gasteiger partial charge in [-0.25, -0.2) is 8.42 Å². The van der Waals surface area contributed by atoms with Gasteiger partial charge in [-0.2, -0.15) is 0 Å². The molecule has 1 atom stereocenters. The molecule has 0 spiro atoms. The maximum atomic E-state index is 12.2. The predicted octanol–water partition coefficient (Wildman–Crippen LogP) is 0.105. The smallest absolute Gasteiger partial charge is 0.251 e. The van der Waals surface area contributed by atoms with E-state index in [-0.39, 0.29) is 23.5 Å². The Labute approximate surface area is 113 Å². The maximum Gasteiger partial charge on any atom is 0.251 e. The fourth-order valence-corrected chi connectivity index (χ4v) is 3.96. The van der Waals surface area contributed by atoms with Gasteiger partial charge < -0.3 is 11.1 Å². The molecule has 104 valence electrons. The lowest BCUT2D eigenvalue weighted by Gasteiger charge is -2.13. The Hall–Kier alpha value is -1.40. The van der Waals surface area contributed by atoms with Crippen LogP contribution in [0.4, 0.5) is 0 Å². The van der Waals surface area contributed by atoms with Crippen LogP contribution in [0.5, 0.6) is 0 Å². The quantitative estimate of drug-likeness (QED) is 0.820. The third-order valence-electron chi connectivity index (χ3n) is 3.24. The van der Waals surface area contributed by atoms with Gasteiger partial charge >= 0.3 is 0 Å². The van der Waals surface area contributed by atoms with Crippen LogP contribution in [0.15, 0.2) is 24.3 Å². The van der Waals surface area contributed by atoms with Crippen molar-refractivity contribution in [2.24, 2.45) is 5.73 Å². The molecule has 1 saturated heterocycles. The molecule has 1 aliphatic rings. The Morgan fingerprint density at radius 1 is 1.37 bits per heavy atom. The van der Waals surface area contributed by atoms with Crippen LogP contribution in [0.1, 0.15) is 22.3 Å². The number of carbonyl (C=O) groups is 1. The molecule has 0 aliphatic carbocycles.